The first kappa shape index (κ1) is 12.8. The maximum Gasteiger partial charge on any atom is 0.246 e. The van der Waals surface area contributed by atoms with E-state index in [-0.39, 0.29) is 5.54 Å². The molecule has 0 radical (unpaired) electrons. The maximum atomic E-state index is 6.17. The predicted molar refractivity (Wildman–Crippen MR) is 78.2 cm³/mol. The lowest BCUT2D eigenvalue weighted by Gasteiger charge is -2.49. The van der Waals surface area contributed by atoms with E-state index in [1.165, 1.54) is 57.8 Å². The summed E-state index contributed by atoms with van der Waals surface area (Å²) in [6, 6.07) is 0. The third kappa shape index (κ3) is 2.31. The van der Waals surface area contributed by atoms with Gasteiger partial charge in [0.15, 0.2) is 0 Å². The van der Waals surface area contributed by atoms with Gasteiger partial charge >= 0.3 is 0 Å². The summed E-state index contributed by atoms with van der Waals surface area (Å²) in [4.78, 5) is 5.10. The smallest absolute Gasteiger partial charge is 0.246 e. The molecule has 18 heavy (non-hydrogen) atoms. The lowest BCUT2D eigenvalue weighted by molar-refractivity contribution is 0.00300. The average Bonchev–Trinajstić information content (AvgIpc) is 2.40. The van der Waals surface area contributed by atoms with E-state index < -0.39 is 0 Å². The Bertz CT molecular complexity index is 322. The van der Waals surface area contributed by atoms with Gasteiger partial charge in [0.05, 0.1) is 5.54 Å². The Kier molecular flexibility index (Phi) is 3.88. The largest absolute Gasteiger partial charge is 0.469 e. The van der Waals surface area contributed by atoms with Gasteiger partial charge < -0.3 is 4.74 Å². The molecule has 3 heteroatoms. The van der Waals surface area contributed by atoms with E-state index in [0.717, 1.165) is 11.0 Å². The number of fused-ring (bicyclic) bond motifs is 2. The van der Waals surface area contributed by atoms with Crippen LogP contribution in [0, 0.1) is 5.92 Å². The summed E-state index contributed by atoms with van der Waals surface area (Å²) < 4.78 is 6.17. The van der Waals surface area contributed by atoms with Gasteiger partial charge in [0.2, 0.25) is 5.23 Å². The number of nitrogens with zero attached hydrogens (tertiary/aromatic N) is 1. The molecule has 2 atom stereocenters. The maximum absolute atomic E-state index is 6.17. The van der Waals surface area contributed by atoms with Crippen LogP contribution in [0.5, 0.6) is 0 Å². The van der Waals surface area contributed by atoms with Crippen molar-refractivity contribution in [3.63, 3.8) is 0 Å². The first-order valence-electron chi connectivity index (χ1n) is 7.73. The summed E-state index contributed by atoms with van der Waals surface area (Å²) >= 11 is 1.80. The number of ether oxygens (including phenoxy) is 1. The monoisotopic (exact) mass is 267 g/mol. The molecule has 2 saturated carbocycles. The molecule has 2 aliphatic carbocycles. The molecule has 0 N–H and O–H groups in total. The molecule has 0 saturated heterocycles. The van der Waals surface area contributed by atoms with Crippen molar-refractivity contribution in [2.45, 2.75) is 76.4 Å². The number of hydrogen-bond acceptors (Lipinski definition) is 3. The first-order valence-corrected chi connectivity index (χ1v) is 8.72. The first-order chi connectivity index (χ1) is 8.84. The van der Waals surface area contributed by atoms with Crippen LogP contribution in [0.25, 0.3) is 0 Å². The van der Waals surface area contributed by atoms with E-state index in [1.54, 1.807) is 11.8 Å². The van der Waals surface area contributed by atoms with Crippen molar-refractivity contribution in [3.05, 3.63) is 0 Å². The van der Waals surface area contributed by atoms with Gasteiger partial charge in [-0.25, -0.2) is 4.99 Å². The van der Waals surface area contributed by atoms with Crippen molar-refractivity contribution in [2.75, 3.05) is 5.75 Å². The molecule has 0 aromatic rings. The highest BCUT2D eigenvalue weighted by molar-refractivity contribution is 8.13. The Morgan fingerprint density at radius 3 is 2.72 bits per heavy atom. The molecular formula is C15H25NOS. The van der Waals surface area contributed by atoms with Crippen molar-refractivity contribution in [3.8, 4) is 0 Å². The molecule has 1 aliphatic heterocycles. The molecule has 1 spiro atoms. The van der Waals surface area contributed by atoms with Crippen LogP contribution in [-0.4, -0.2) is 22.6 Å². The van der Waals surface area contributed by atoms with E-state index in [4.69, 9.17) is 9.73 Å². The van der Waals surface area contributed by atoms with E-state index in [0.29, 0.717) is 12.0 Å². The molecule has 1 heterocycles. The van der Waals surface area contributed by atoms with Gasteiger partial charge in [0.1, 0.15) is 6.10 Å². The molecule has 3 aliphatic rings. The Hall–Kier alpha value is -0.180. The number of hydrogen-bond donors (Lipinski definition) is 0. The fraction of sp³-hybridized carbons (Fsp3) is 0.933. The second kappa shape index (κ2) is 5.44. The zero-order valence-electron chi connectivity index (χ0n) is 11.5. The lowest BCUT2D eigenvalue weighted by atomic mass is 9.66. The van der Waals surface area contributed by atoms with Gasteiger partial charge in [-0.05, 0) is 37.9 Å². The molecule has 0 bridgehead atoms. The summed E-state index contributed by atoms with van der Waals surface area (Å²) in [6.45, 7) is 2.19. The van der Waals surface area contributed by atoms with E-state index >= 15 is 0 Å². The van der Waals surface area contributed by atoms with Crippen molar-refractivity contribution in [1.82, 2.24) is 0 Å². The molecular weight excluding hydrogens is 242 g/mol. The number of thioether (sulfide) groups is 1. The highest BCUT2D eigenvalue weighted by atomic mass is 32.2. The molecule has 0 amide bonds. The Balaban J connectivity index is 1.87. The van der Waals surface area contributed by atoms with Gasteiger partial charge in [-0.15, -0.1) is 0 Å². The van der Waals surface area contributed by atoms with Crippen LogP contribution in [0.2, 0.25) is 0 Å². The summed E-state index contributed by atoms with van der Waals surface area (Å²) in [6.07, 6.45) is 12.6. The van der Waals surface area contributed by atoms with Crippen molar-refractivity contribution in [1.29, 1.82) is 0 Å². The second-order valence-corrected chi connectivity index (χ2v) is 7.24. The van der Waals surface area contributed by atoms with Crippen molar-refractivity contribution >= 4 is 17.0 Å². The topological polar surface area (TPSA) is 21.6 Å². The van der Waals surface area contributed by atoms with Crippen LogP contribution in [0.1, 0.15) is 64.7 Å². The minimum absolute atomic E-state index is 0.263. The number of rotatable bonds is 1. The fourth-order valence-corrected chi connectivity index (χ4v) is 4.79. The molecule has 3 rings (SSSR count). The third-order valence-electron chi connectivity index (χ3n) is 4.95. The second-order valence-electron chi connectivity index (χ2n) is 6.02. The van der Waals surface area contributed by atoms with Gasteiger partial charge in [-0.2, -0.15) is 0 Å². The molecule has 0 unspecified atom stereocenters. The van der Waals surface area contributed by atoms with Gasteiger partial charge in [0, 0.05) is 5.92 Å². The van der Waals surface area contributed by atoms with Gasteiger partial charge in [0.25, 0.3) is 0 Å². The van der Waals surface area contributed by atoms with Crippen LogP contribution in [0.3, 0.4) is 0 Å². The van der Waals surface area contributed by atoms with Gasteiger partial charge in [-0.1, -0.05) is 44.4 Å². The molecule has 2 nitrogen and oxygen atoms in total. The Labute approximate surface area is 115 Å². The Morgan fingerprint density at radius 1 is 1.17 bits per heavy atom. The summed E-state index contributed by atoms with van der Waals surface area (Å²) in [7, 11) is 0. The van der Waals surface area contributed by atoms with Gasteiger partial charge in [-0.3, -0.25) is 0 Å². The summed E-state index contributed by atoms with van der Waals surface area (Å²) in [5.41, 5.74) is 0.263. The number of aliphatic imine (C=N–C) groups is 1. The van der Waals surface area contributed by atoms with Crippen molar-refractivity contribution < 1.29 is 4.74 Å². The quantitative estimate of drug-likeness (QED) is 0.703. The third-order valence-corrected chi connectivity index (χ3v) is 5.67. The normalized spacial score (nSPS) is 34.6. The minimum Gasteiger partial charge on any atom is -0.469 e. The molecule has 0 aromatic carbocycles. The predicted octanol–water partition coefficient (Wildman–Crippen LogP) is 4.39. The van der Waals surface area contributed by atoms with E-state index in [2.05, 4.69) is 6.92 Å². The molecule has 102 valence electrons. The highest BCUT2D eigenvalue weighted by Gasteiger charge is 2.48. The molecule has 2 fully saturated rings. The lowest BCUT2D eigenvalue weighted by Crippen LogP contribution is -2.51. The zero-order chi connectivity index (χ0) is 12.4. The van der Waals surface area contributed by atoms with Crippen LogP contribution >= 0.6 is 11.8 Å². The standard InChI is InChI=1S/C15H25NOS/c1-2-18-14-16-15(10-6-3-7-11-15)12-8-4-5-9-13(12)17-14/h12-13H,2-11H2,1H3/t12-,13+/m1/s1. The zero-order valence-corrected chi connectivity index (χ0v) is 12.3. The molecule has 0 aromatic heterocycles. The van der Waals surface area contributed by atoms with Crippen LogP contribution in [-0.2, 0) is 4.74 Å². The summed E-state index contributed by atoms with van der Waals surface area (Å²) in [5.74, 6) is 1.79. The fourth-order valence-electron chi connectivity index (χ4n) is 4.11. The summed E-state index contributed by atoms with van der Waals surface area (Å²) in [5, 5.41) is 1.00. The van der Waals surface area contributed by atoms with Crippen LogP contribution in [0.4, 0.5) is 0 Å². The average molecular weight is 267 g/mol. The Morgan fingerprint density at radius 2 is 1.94 bits per heavy atom. The highest BCUT2D eigenvalue weighted by Crippen LogP contribution is 2.48. The van der Waals surface area contributed by atoms with Crippen molar-refractivity contribution in [2.24, 2.45) is 10.9 Å². The minimum atomic E-state index is 0.263. The van der Waals surface area contributed by atoms with E-state index in [1.807, 2.05) is 0 Å². The van der Waals surface area contributed by atoms with E-state index in [9.17, 15) is 0 Å². The SMILES string of the molecule is CCSC1=NC2(CCCCC2)[C@@H]2CCCC[C@@H]2O1. The van der Waals surface area contributed by atoms with Crippen LogP contribution < -0.4 is 0 Å². The van der Waals surface area contributed by atoms with Crippen LogP contribution in [0.15, 0.2) is 4.99 Å².